The van der Waals surface area contributed by atoms with Crippen molar-refractivity contribution in [3.8, 4) is 0 Å². The zero-order chi connectivity index (χ0) is 13.8. The van der Waals surface area contributed by atoms with Crippen LogP contribution in [0.5, 0.6) is 0 Å². The van der Waals surface area contributed by atoms with Gasteiger partial charge in [-0.2, -0.15) is 5.10 Å². The van der Waals surface area contributed by atoms with Gasteiger partial charge >= 0.3 is 0 Å². The van der Waals surface area contributed by atoms with Crippen molar-refractivity contribution in [1.29, 1.82) is 0 Å². The molecule has 0 unspecified atom stereocenters. The molecule has 0 bridgehead atoms. The molecule has 0 fully saturated rings. The molecule has 19 heavy (non-hydrogen) atoms. The van der Waals surface area contributed by atoms with Gasteiger partial charge in [0.1, 0.15) is 0 Å². The Kier molecular flexibility index (Phi) is 3.97. The number of carbonyl (C=O) groups excluding carboxylic acids is 1. The minimum Gasteiger partial charge on any atom is -0.326 e. The Morgan fingerprint density at radius 1 is 1.37 bits per heavy atom. The highest BCUT2D eigenvalue weighted by Crippen LogP contribution is 2.15. The topological polar surface area (TPSA) is 72.9 Å². The van der Waals surface area contributed by atoms with E-state index in [9.17, 15) is 4.79 Å². The van der Waals surface area contributed by atoms with E-state index in [0.29, 0.717) is 17.9 Å². The van der Waals surface area contributed by atoms with Gasteiger partial charge in [0, 0.05) is 30.9 Å². The summed E-state index contributed by atoms with van der Waals surface area (Å²) in [6, 6.07) is 7.56. The van der Waals surface area contributed by atoms with Crippen molar-refractivity contribution >= 4 is 11.7 Å². The molecule has 0 radical (unpaired) electrons. The summed E-state index contributed by atoms with van der Waals surface area (Å²) in [5.74, 6) is 0.381. The molecule has 100 valence electrons. The highest BCUT2D eigenvalue weighted by atomic mass is 16.1. The largest absolute Gasteiger partial charge is 0.326 e. The second-order valence-corrected chi connectivity index (χ2v) is 4.35. The fourth-order valence-electron chi connectivity index (χ4n) is 2.02. The van der Waals surface area contributed by atoms with E-state index in [4.69, 9.17) is 5.73 Å². The molecular formula is C14H18N4O. The van der Waals surface area contributed by atoms with Crippen LogP contribution in [0.25, 0.3) is 0 Å². The molecule has 2 aromatic rings. The van der Waals surface area contributed by atoms with Crippen LogP contribution in [0.4, 0.5) is 5.82 Å². The number of hydrogen-bond donors (Lipinski definition) is 2. The molecule has 1 aromatic carbocycles. The molecule has 0 aliphatic carbocycles. The lowest BCUT2D eigenvalue weighted by Gasteiger charge is -2.08. The predicted molar refractivity (Wildman–Crippen MR) is 74.9 cm³/mol. The first-order valence-corrected chi connectivity index (χ1v) is 6.27. The van der Waals surface area contributed by atoms with E-state index in [1.54, 1.807) is 17.9 Å². The lowest BCUT2D eigenvalue weighted by Crippen LogP contribution is -2.16. The third kappa shape index (κ3) is 2.82. The summed E-state index contributed by atoms with van der Waals surface area (Å²) in [7, 11) is 1.80. The van der Waals surface area contributed by atoms with Crippen LogP contribution in [0.3, 0.4) is 0 Å². The zero-order valence-electron chi connectivity index (χ0n) is 11.2. The Hall–Kier alpha value is -2.14. The van der Waals surface area contributed by atoms with E-state index in [1.165, 1.54) is 0 Å². The molecule has 0 saturated carbocycles. The number of aryl methyl sites for hydroxylation is 2. The molecule has 0 aliphatic heterocycles. The maximum atomic E-state index is 12.3. The summed E-state index contributed by atoms with van der Waals surface area (Å²) < 4.78 is 1.64. The standard InChI is InChI=1S/C14H18N4O/c1-3-10-6-4-5-7-12(10)14(19)16-13-11(8-15)9-18(2)17-13/h4-7,9H,3,8,15H2,1-2H3,(H,16,17,19). The minimum absolute atomic E-state index is 0.147. The van der Waals surface area contributed by atoms with Gasteiger partial charge in [-0.3, -0.25) is 9.48 Å². The van der Waals surface area contributed by atoms with Crippen molar-refractivity contribution in [3.63, 3.8) is 0 Å². The maximum Gasteiger partial charge on any atom is 0.257 e. The van der Waals surface area contributed by atoms with Crippen molar-refractivity contribution in [1.82, 2.24) is 9.78 Å². The van der Waals surface area contributed by atoms with Crippen LogP contribution < -0.4 is 11.1 Å². The van der Waals surface area contributed by atoms with Gasteiger partial charge < -0.3 is 11.1 Å². The zero-order valence-corrected chi connectivity index (χ0v) is 11.2. The molecule has 3 N–H and O–H groups in total. The Balaban J connectivity index is 2.25. The molecule has 1 aromatic heterocycles. The van der Waals surface area contributed by atoms with E-state index >= 15 is 0 Å². The summed E-state index contributed by atoms with van der Waals surface area (Å²) in [6.07, 6.45) is 2.62. The highest BCUT2D eigenvalue weighted by Gasteiger charge is 2.13. The number of rotatable bonds is 4. The van der Waals surface area contributed by atoms with E-state index in [0.717, 1.165) is 17.5 Å². The number of benzene rings is 1. The average molecular weight is 258 g/mol. The van der Waals surface area contributed by atoms with Crippen LogP contribution in [-0.2, 0) is 20.0 Å². The Morgan fingerprint density at radius 3 is 2.79 bits per heavy atom. The van der Waals surface area contributed by atoms with Crippen molar-refractivity contribution < 1.29 is 4.79 Å². The third-order valence-corrected chi connectivity index (χ3v) is 3.00. The molecular weight excluding hydrogens is 240 g/mol. The van der Waals surface area contributed by atoms with E-state index in [1.807, 2.05) is 31.2 Å². The van der Waals surface area contributed by atoms with Crippen LogP contribution >= 0.6 is 0 Å². The molecule has 0 saturated heterocycles. The fourth-order valence-corrected chi connectivity index (χ4v) is 2.02. The number of nitrogens with two attached hydrogens (primary N) is 1. The molecule has 0 atom stereocenters. The first kappa shape index (κ1) is 13.3. The predicted octanol–water partition coefficient (Wildman–Crippen LogP) is 1.69. The molecule has 1 heterocycles. The van der Waals surface area contributed by atoms with Gasteiger partial charge in [-0.15, -0.1) is 0 Å². The molecule has 1 amide bonds. The molecule has 5 heteroatoms. The lowest BCUT2D eigenvalue weighted by atomic mass is 10.0. The summed E-state index contributed by atoms with van der Waals surface area (Å²) >= 11 is 0. The highest BCUT2D eigenvalue weighted by molar-refractivity contribution is 6.05. The Bertz CT molecular complexity index is 589. The van der Waals surface area contributed by atoms with Crippen molar-refractivity contribution in [2.45, 2.75) is 19.9 Å². The van der Waals surface area contributed by atoms with E-state index in [2.05, 4.69) is 10.4 Å². The normalized spacial score (nSPS) is 10.5. The number of nitrogens with zero attached hydrogens (tertiary/aromatic N) is 2. The van der Waals surface area contributed by atoms with Crippen LogP contribution in [0.2, 0.25) is 0 Å². The number of anilines is 1. The third-order valence-electron chi connectivity index (χ3n) is 3.00. The number of hydrogen-bond acceptors (Lipinski definition) is 3. The van der Waals surface area contributed by atoms with Gasteiger partial charge in [-0.05, 0) is 18.1 Å². The van der Waals surface area contributed by atoms with Crippen molar-refractivity contribution in [2.75, 3.05) is 5.32 Å². The van der Waals surface area contributed by atoms with Gasteiger partial charge in [0.05, 0.1) is 0 Å². The van der Waals surface area contributed by atoms with Crippen molar-refractivity contribution in [2.24, 2.45) is 12.8 Å². The summed E-state index contributed by atoms with van der Waals surface area (Å²) in [4.78, 5) is 12.3. The van der Waals surface area contributed by atoms with Gasteiger partial charge in [-0.25, -0.2) is 0 Å². The second-order valence-electron chi connectivity index (χ2n) is 4.35. The first-order valence-electron chi connectivity index (χ1n) is 6.27. The number of amides is 1. The Morgan fingerprint density at radius 2 is 2.11 bits per heavy atom. The number of aromatic nitrogens is 2. The Labute approximate surface area is 112 Å². The van der Waals surface area contributed by atoms with Crippen LogP contribution in [0.15, 0.2) is 30.5 Å². The lowest BCUT2D eigenvalue weighted by molar-refractivity contribution is 0.102. The van der Waals surface area contributed by atoms with Gasteiger partial charge in [0.25, 0.3) is 5.91 Å². The second kappa shape index (κ2) is 5.67. The maximum absolute atomic E-state index is 12.3. The summed E-state index contributed by atoms with van der Waals surface area (Å²) in [5, 5.41) is 7.03. The summed E-state index contributed by atoms with van der Waals surface area (Å²) in [6.45, 7) is 2.37. The van der Waals surface area contributed by atoms with Crippen molar-refractivity contribution in [3.05, 3.63) is 47.2 Å². The van der Waals surface area contributed by atoms with E-state index in [-0.39, 0.29) is 5.91 Å². The van der Waals surface area contributed by atoms with Gasteiger partial charge in [0.15, 0.2) is 5.82 Å². The van der Waals surface area contributed by atoms with Gasteiger partial charge in [-0.1, -0.05) is 25.1 Å². The molecule has 0 aliphatic rings. The van der Waals surface area contributed by atoms with Crippen LogP contribution in [0.1, 0.15) is 28.4 Å². The van der Waals surface area contributed by atoms with Gasteiger partial charge in [0.2, 0.25) is 0 Å². The monoisotopic (exact) mass is 258 g/mol. The molecule has 5 nitrogen and oxygen atoms in total. The van der Waals surface area contributed by atoms with Crippen LogP contribution in [-0.4, -0.2) is 15.7 Å². The van der Waals surface area contributed by atoms with Crippen LogP contribution in [0, 0.1) is 0 Å². The smallest absolute Gasteiger partial charge is 0.257 e. The summed E-state index contributed by atoms with van der Waals surface area (Å²) in [5.41, 5.74) is 8.15. The number of carbonyl (C=O) groups is 1. The SMILES string of the molecule is CCc1ccccc1C(=O)Nc1nn(C)cc1CN. The molecule has 0 spiro atoms. The minimum atomic E-state index is -0.147. The first-order chi connectivity index (χ1) is 9.15. The van der Waals surface area contributed by atoms with E-state index < -0.39 is 0 Å². The average Bonchev–Trinajstić information content (AvgIpc) is 2.78. The number of nitrogens with one attached hydrogen (secondary N) is 1. The fraction of sp³-hybridized carbons (Fsp3) is 0.286. The molecule has 2 rings (SSSR count). The quantitative estimate of drug-likeness (QED) is 0.876.